The van der Waals surface area contributed by atoms with Gasteiger partial charge in [-0.15, -0.1) is 0 Å². The van der Waals surface area contributed by atoms with Gasteiger partial charge in [-0.3, -0.25) is 0 Å². The fourth-order valence-electron chi connectivity index (χ4n) is 3.39. The molecule has 24 heavy (non-hydrogen) atoms. The molecule has 0 aliphatic carbocycles. The molecule has 3 aromatic carbocycles. The lowest BCUT2D eigenvalue weighted by Gasteiger charge is -2.13. The van der Waals surface area contributed by atoms with Gasteiger partial charge in [-0.2, -0.15) is 0 Å². The minimum absolute atomic E-state index is 1.10. The van der Waals surface area contributed by atoms with E-state index in [4.69, 9.17) is 0 Å². The van der Waals surface area contributed by atoms with Crippen LogP contribution in [0.1, 0.15) is 16.7 Å². The van der Waals surface area contributed by atoms with Crippen molar-refractivity contribution in [1.82, 2.24) is 4.57 Å². The molecule has 0 aliphatic rings. The van der Waals surface area contributed by atoms with E-state index in [0.717, 1.165) is 8.95 Å². The van der Waals surface area contributed by atoms with Crippen LogP contribution in [0.5, 0.6) is 0 Å². The van der Waals surface area contributed by atoms with Gasteiger partial charge in [0.15, 0.2) is 0 Å². The lowest BCUT2D eigenvalue weighted by molar-refractivity contribution is 1.14. The third-order valence-corrected chi connectivity index (χ3v) is 5.85. The van der Waals surface area contributed by atoms with Crippen LogP contribution < -0.4 is 0 Å². The molecular weight excluding hydrogens is 426 g/mol. The molecule has 4 aromatic rings. The summed E-state index contributed by atoms with van der Waals surface area (Å²) in [7, 11) is 0. The summed E-state index contributed by atoms with van der Waals surface area (Å²) in [6.45, 7) is 6.56. The van der Waals surface area contributed by atoms with Gasteiger partial charge in [0.05, 0.1) is 11.0 Å². The van der Waals surface area contributed by atoms with Crippen LogP contribution in [-0.4, -0.2) is 4.57 Å². The quantitative estimate of drug-likeness (QED) is 0.293. The Labute approximate surface area is 158 Å². The Morgan fingerprint density at radius 1 is 0.667 bits per heavy atom. The summed E-state index contributed by atoms with van der Waals surface area (Å²) in [4.78, 5) is 0. The van der Waals surface area contributed by atoms with Gasteiger partial charge in [-0.05, 0) is 86.0 Å². The number of halogens is 2. The molecule has 0 fully saturated rings. The highest BCUT2D eigenvalue weighted by Crippen LogP contribution is 2.35. The van der Waals surface area contributed by atoms with Crippen LogP contribution in [-0.2, 0) is 0 Å². The second kappa shape index (κ2) is 5.75. The number of rotatable bonds is 1. The molecule has 1 nitrogen and oxygen atoms in total. The second-order valence-corrected chi connectivity index (χ2v) is 8.19. The summed E-state index contributed by atoms with van der Waals surface area (Å²) in [5.74, 6) is 0. The number of hydrogen-bond acceptors (Lipinski definition) is 0. The van der Waals surface area contributed by atoms with E-state index < -0.39 is 0 Å². The molecule has 0 atom stereocenters. The number of aryl methyl sites for hydroxylation is 2. The van der Waals surface area contributed by atoms with Crippen molar-refractivity contribution >= 4 is 53.7 Å². The maximum absolute atomic E-state index is 3.61. The van der Waals surface area contributed by atoms with Crippen LogP contribution in [0, 0.1) is 20.8 Å². The summed E-state index contributed by atoms with van der Waals surface area (Å²) < 4.78 is 4.57. The Hall–Kier alpha value is -1.58. The molecule has 0 N–H and O–H groups in total. The average molecular weight is 443 g/mol. The molecule has 0 unspecified atom stereocenters. The number of benzene rings is 3. The Morgan fingerprint density at radius 2 is 1.12 bits per heavy atom. The van der Waals surface area contributed by atoms with Gasteiger partial charge in [0, 0.05) is 25.4 Å². The first-order chi connectivity index (χ1) is 11.5. The monoisotopic (exact) mass is 441 g/mol. The van der Waals surface area contributed by atoms with Gasteiger partial charge in [0.2, 0.25) is 0 Å². The van der Waals surface area contributed by atoms with Crippen LogP contribution >= 0.6 is 31.9 Å². The molecule has 0 saturated heterocycles. The van der Waals surface area contributed by atoms with E-state index >= 15 is 0 Å². The molecule has 0 spiro atoms. The zero-order chi connectivity index (χ0) is 17.0. The van der Waals surface area contributed by atoms with Crippen LogP contribution in [0.25, 0.3) is 27.5 Å². The predicted octanol–water partition coefficient (Wildman–Crippen LogP) is 7.23. The molecule has 1 heterocycles. The van der Waals surface area contributed by atoms with E-state index in [1.54, 1.807) is 0 Å². The van der Waals surface area contributed by atoms with E-state index in [0.29, 0.717) is 0 Å². The third-order valence-electron chi connectivity index (χ3n) is 4.86. The topological polar surface area (TPSA) is 4.93 Å². The molecule has 4 rings (SSSR count). The predicted molar refractivity (Wildman–Crippen MR) is 110 cm³/mol. The maximum Gasteiger partial charge on any atom is 0.0541 e. The van der Waals surface area contributed by atoms with Crippen molar-refractivity contribution in [3.63, 3.8) is 0 Å². The van der Waals surface area contributed by atoms with Gasteiger partial charge in [0.1, 0.15) is 0 Å². The zero-order valence-electron chi connectivity index (χ0n) is 13.8. The van der Waals surface area contributed by atoms with Crippen LogP contribution in [0.4, 0.5) is 0 Å². The van der Waals surface area contributed by atoms with Crippen molar-refractivity contribution in [2.24, 2.45) is 0 Å². The van der Waals surface area contributed by atoms with E-state index in [-0.39, 0.29) is 0 Å². The van der Waals surface area contributed by atoms with Gasteiger partial charge >= 0.3 is 0 Å². The molecule has 3 heteroatoms. The molecule has 0 aliphatic heterocycles. The summed E-state index contributed by atoms with van der Waals surface area (Å²) in [6, 6.07) is 17.6. The lowest BCUT2D eigenvalue weighted by atomic mass is 10.0. The Balaban J connectivity index is 2.18. The van der Waals surface area contributed by atoms with Crippen molar-refractivity contribution in [3.05, 3.63) is 74.2 Å². The third kappa shape index (κ3) is 2.42. The van der Waals surface area contributed by atoms with Gasteiger partial charge < -0.3 is 4.57 Å². The van der Waals surface area contributed by atoms with Crippen molar-refractivity contribution in [2.45, 2.75) is 20.8 Å². The van der Waals surface area contributed by atoms with Crippen LogP contribution in [0.15, 0.2) is 57.5 Å². The molecule has 1 aromatic heterocycles. The minimum Gasteiger partial charge on any atom is -0.309 e. The smallest absolute Gasteiger partial charge is 0.0541 e. The van der Waals surface area contributed by atoms with Crippen molar-refractivity contribution in [1.29, 1.82) is 0 Å². The molecule has 120 valence electrons. The largest absolute Gasteiger partial charge is 0.309 e. The molecular formula is C21H17Br2N. The van der Waals surface area contributed by atoms with E-state index in [1.165, 1.54) is 44.2 Å². The van der Waals surface area contributed by atoms with Gasteiger partial charge in [-0.25, -0.2) is 0 Å². The average Bonchev–Trinajstić information content (AvgIpc) is 2.85. The Morgan fingerprint density at radius 3 is 1.58 bits per heavy atom. The number of nitrogens with zero attached hydrogens (tertiary/aromatic N) is 1. The summed E-state index contributed by atoms with van der Waals surface area (Å²) in [5.41, 5.74) is 7.71. The van der Waals surface area contributed by atoms with E-state index in [9.17, 15) is 0 Å². The summed E-state index contributed by atoms with van der Waals surface area (Å²) in [5, 5.41) is 2.52. The minimum atomic E-state index is 1.10. The first kappa shape index (κ1) is 15.9. The fourth-order valence-corrected chi connectivity index (χ4v) is 4.11. The molecule has 0 amide bonds. The van der Waals surface area contributed by atoms with Crippen molar-refractivity contribution in [3.8, 4) is 5.69 Å². The highest BCUT2D eigenvalue weighted by molar-refractivity contribution is 9.10. The summed E-state index contributed by atoms with van der Waals surface area (Å²) >= 11 is 7.23. The van der Waals surface area contributed by atoms with Crippen LogP contribution in [0.2, 0.25) is 0 Å². The molecule has 0 radical (unpaired) electrons. The summed E-state index contributed by atoms with van der Waals surface area (Å²) in [6.07, 6.45) is 0. The first-order valence-electron chi connectivity index (χ1n) is 7.93. The van der Waals surface area contributed by atoms with Gasteiger partial charge in [0.25, 0.3) is 0 Å². The van der Waals surface area contributed by atoms with Crippen molar-refractivity contribution < 1.29 is 0 Å². The first-order valence-corrected chi connectivity index (χ1v) is 9.52. The molecule has 0 saturated carbocycles. The Kier molecular flexibility index (Phi) is 3.81. The lowest BCUT2D eigenvalue weighted by Crippen LogP contribution is -1.97. The van der Waals surface area contributed by atoms with Crippen LogP contribution in [0.3, 0.4) is 0 Å². The standard InChI is InChI=1S/C21H17Br2N/c1-12-8-17(9-13(2)14(12)3)24-20-6-4-15(22)10-18(20)19-11-16(23)5-7-21(19)24/h4-11H,1-3H3. The van der Waals surface area contributed by atoms with E-state index in [2.05, 4.69) is 106 Å². The number of aromatic nitrogens is 1. The normalized spacial score (nSPS) is 11.5. The van der Waals surface area contributed by atoms with Crippen molar-refractivity contribution in [2.75, 3.05) is 0 Å². The Bertz CT molecular complexity index is 1020. The zero-order valence-corrected chi connectivity index (χ0v) is 17.0. The highest BCUT2D eigenvalue weighted by Gasteiger charge is 2.14. The number of fused-ring (bicyclic) bond motifs is 3. The fraction of sp³-hybridized carbons (Fsp3) is 0.143. The van der Waals surface area contributed by atoms with E-state index in [1.807, 2.05) is 0 Å². The maximum atomic E-state index is 3.61. The number of hydrogen-bond donors (Lipinski definition) is 0. The highest BCUT2D eigenvalue weighted by atomic mass is 79.9. The molecule has 0 bridgehead atoms. The van der Waals surface area contributed by atoms with Gasteiger partial charge in [-0.1, -0.05) is 31.9 Å². The second-order valence-electron chi connectivity index (χ2n) is 6.36. The SMILES string of the molecule is Cc1cc(-n2c3ccc(Br)cc3c3cc(Br)ccc32)cc(C)c1C.